The molecule has 2 aromatic heterocycles. The fraction of sp³-hybridized carbons (Fsp3) is 0.615. The lowest BCUT2D eigenvalue weighted by molar-refractivity contribution is 0.00661. The summed E-state index contributed by atoms with van der Waals surface area (Å²) in [6, 6.07) is 0. The Labute approximate surface area is 125 Å². The highest BCUT2D eigenvalue weighted by Gasteiger charge is 2.22. The lowest BCUT2D eigenvalue weighted by Crippen LogP contribution is -2.38. The van der Waals surface area contributed by atoms with Crippen LogP contribution in [-0.2, 0) is 25.4 Å². The predicted molar refractivity (Wildman–Crippen MR) is 78.8 cm³/mol. The van der Waals surface area contributed by atoms with E-state index in [9.17, 15) is 9.59 Å². The summed E-state index contributed by atoms with van der Waals surface area (Å²) in [5.41, 5.74) is -0.145. The van der Waals surface area contributed by atoms with Crippen LogP contribution < -0.4 is 11.2 Å². The van der Waals surface area contributed by atoms with Gasteiger partial charge < -0.3 is 9.30 Å². The maximum absolute atomic E-state index is 12.4. The molecule has 21 heavy (non-hydrogen) atoms. The highest BCUT2D eigenvalue weighted by atomic mass is 35.5. The second kappa shape index (κ2) is 5.31. The van der Waals surface area contributed by atoms with Crippen LogP contribution in [0.15, 0.2) is 9.59 Å². The van der Waals surface area contributed by atoms with Crippen molar-refractivity contribution in [2.24, 2.45) is 14.1 Å². The standard InChI is InChI=1S/C13H17ClN4O3/c1-16-10-9(11(19)17(2)13(16)20)18(12(14)15-10)7-8-5-3-4-6-21-8/h8H,3-7H2,1-2H3/t8-/m0/s1. The Bertz CT molecular complexity index is 798. The molecule has 0 N–H and O–H groups in total. The molecule has 1 saturated heterocycles. The highest BCUT2D eigenvalue weighted by Crippen LogP contribution is 2.20. The van der Waals surface area contributed by atoms with Crippen LogP contribution in [0.25, 0.3) is 11.2 Å². The maximum Gasteiger partial charge on any atom is 0.332 e. The van der Waals surface area contributed by atoms with Crippen LogP contribution in [0.2, 0.25) is 5.28 Å². The van der Waals surface area contributed by atoms with Gasteiger partial charge in [0.2, 0.25) is 5.28 Å². The third kappa shape index (κ3) is 2.30. The van der Waals surface area contributed by atoms with Crippen LogP contribution in [0, 0.1) is 0 Å². The summed E-state index contributed by atoms with van der Waals surface area (Å²) < 4.78 is 9.74. The first kappa shape index (κ1) is 14.3. The van der Waals surface area contributed by atoms with E-state index >= 15 is 0 Å². The fourth-order valence-corrected chi connectivity index (χ4v) is 2.98. The summed E-state index contributed by atoms with van der Waals surface area (Å²) in [6.45, 7) is 1.20. The van der Waals surface area contributed by atoms with E-state index in [1.807, 2.05) is 0 Å². The van der Waals surface area contributed by atoms with Crippen molar-refractivity contribution in [1.82, 2.24) is 18.7 Å². The Kier molecular flexibility index (Phi) is 3.62. The van der Waals surface area contributed by atoms with Gasteiger partial charge in [0.1, 0.15) is 0 Å². The van der Waals surface area contributed by atoms with Crippen molar-refractivity contribution >= 4 is 22.8 Å². The summed E-state index contributed by atoms with van der Waals surface area (Å²) >= 11 is 6.17. The van der Waals surface area contributed by atoms with Crippen LogP contribution in [0.4, 0.5) is 0 Å². The third-order valence-electron chi connectivity index (χ3n) is 3.96. The number of fused-ring (bicyclic) bond motifs is 1. The number of halogens is 1. The SMILES string of the molecule is Cn1c(=O)c2c(nc(Cl)n2C[C@@H]2CCCCO2)n(C)c1=O. The number of hydrogen-bond donors (Lipinski definition) is 0. The van der Waals surface area contributed by atoms with Crippen molar-refractivity contribution in [3.63, 3.8) is 0 Å². The zero-order valence-corrected chi connectivity index (χ0v) is 12.8. The molecule has 0 radical (unpaired) electrons. The average Bonchev–Trinajstić information content (AvgIpc) is 2.81. The first-order valence-electron chi connectivity index (χ1n) is 6.94. The Morgan fingerprint density at radius 3 is 2.71 bits per heavy atom. The molecule has 0 aromatic carbocycles. The molecule has 0 saturated carbocycles. The molecule has 2 aromatic rings. The van der Waals surface area contributed by atoms with E-state index in [0.29, 0.717) is 17.7 Å². The maximum atomic E-state index is 12.4. The molecule has 1 atom stereocenters. The van der Waals surface area contributed by atoms with Crippen LogP contribution in [-0.4, -0.2) is 31.4 Å². The van der Waals surface area contributed by atoms with Crippen LogP contribution in [0.5, 0.6) is 0 Å². The molecule has 114 valence electrons. The van der Waals surface area contributed by atoms with Crippen molar-refractivity contribution in [3.8, 4) is 0 Å². The van der Waals surface area contributed by atoms with Gasteiger partial charge in [-0.3, -0.25) is 13.9 Å². The van der Waals surface area contributed by atoms with Crippen molar-refractivity contribution in [2.45, 2.75) is 31.9 Å². The van der Waals surface area contributed by atoms with Gasteiger partial charge in [-0.05, 0) is 30.9 Å². The smallest absolute Gasteiger partial charge is 0.332 e. The van der Waals surface area contributed by atoms with E-state index in [1.54, 1.807) is 11.6 Å². The van der Waals surface area contributed by atoms with E-state index in [0.717, 1.165) is 30.4 Å². The summed E-state index contributed by atoms with van der Waals surface area (Å²) in [4.78, 5) is 28.5. The lowest BCUT2D eigenvalue weighted by Gasteiger charge is -2.23. The largest absolute Gasteiger partial charge is 0.376 e. The van der Waals surface area contributed by atoms with Gasteiger partial charge in [0.15, 0.2) is 11.2 Å². The molecule has 0 spiro atoms. The molecule has 0 unspecified atom stereocenters. The fourth-order valence-electron chi connectivity index (χ4n) is 2.74. The molecular weight excluding hydrogens is 296 g/mol. The molecule has 1 aliphatic rings. The number of aromatic nitrogens is 4. The molecule has 0 amide bonds. The van der Waals surface area contributed by atoms with Gasteiger partial charge in [0.05, 0.1) is 12.6 Å². The third-order valence-corrected chi connectivity index (χ3v) is 4.25. The molecule has 1 fully saturated rings. The second-order valence-electron chi connectivity index (χ2n) is 5.36. The first-order valence-corrected chi connectivity index (χ1v) is 7.32. The molecular formula is C13H17ClN4O3. The van der Waals surface area contributed by atoms with Crippen LogP contribution in [0.1, 0.15) is 19.3 Å². The van der Waals surface area contributed by atoms with Gasteiger partial charge in [-0.25, -0.2) is 4.79 Å². The van der Waals surface area contributed by atoms with Gasteiger partial charge >= 0.3 is 5.69 Å². The number of imidazole rings is 1. The van der Waals surface area contributed by atoms with Crippen molar-refractivity contribution < 1.29 is 4.74 Å². The number of hydrogen-bond acceptors (Lipinski definition) is 4. The van der Waals surface area contributed by atoms with Gasteiger partial charge in [-0.15, -0.1) is 0 Å². The van der Waals surface area contributed by atoms with E-state index in [-0.39, 0.29) is 16.9 Å². The van der Waals surface area contributed by atoms with Crippen molar-refractivity contribution in [1.29, 1.82) is 0 Å². The molecule has 8 heteroatoms. The van der Waals surface area contributed by atoms with E-state index in [1.165, 1.54) is 11.6 Å². The van der Waals surface area contributed by atoms with E-state index < -0.39 is 5.69 Å². The first-order chi connectivity index (χ1) is 10.0. The highest BCUT2D eigenvalue weighted by molar-refractivity contribution is 6.29. The average molecular weight is 313 g/mol. The Morgan fingerprint density at radius 1 is 1.29 bits per heavy atom. The molecule has 0 bridgehead atoms. The minimum atomic E-state index is -0.414. The number of nitrogens with zero attached hydrogens (tertiary/aromatic N) is 4. The minimum absolute atomic E-state index is 0.0237. The molecule has 7 nitrogen and oxygen atoms in total. The lowest BCUT2D eigenvalue weighted by atomic mass is 10.1. The Hall–Kier alpha value is -1.60. The van der Waals surface area contributed by atoms with Gasteiger partial charge in [-0.1, -0.05) is 0 Å². The minimum Gasteiger partial charge on any atom is -0.376 e. The summed E-state index contributed by atoms with van der Waals surface area (Å²) in [6.07, 6.45) is 3.12. The molecule has 3 rings (SSSR count). The summed E-state index contributed by atoms with van der Waals surface area (Å²) in [7, 11) is 3.03. The normalized spacial score (nSPS) is 19.3. The van der Waals surface area contributed by atoms with Crippen LogP contribution in [0.3, 0.4) is 0 Å². The zero-order chi connectivity index (χ0) is 15.1. The predicted octanol–water partition coefficient (Wildman–Crippen LogP) is 0.656. The second-order valence-corrected chi connectivity index (χ2v) is 5.70. The number of aryl methyl sites for hydroxylation is 1. The Morgan fingerprint density at radius 2 is 2.05 bits per heavy atom. The topological polar surface area (TPSA) is 71.0 Å². The summed E-state index contributed by atoms with van der Waals surface area (Å²) in [5.74, 6) is 0. The van der Waals surface area contributed by atoms with Crippen molar-refractivity contribution in [3.05, 3.63) is 26.1 Å². The number of ether oxygens (including phenoxy) is 1. The quantitative estimate of drug-likeness (QED) is 0.764. The van der Waals surface area contributed by atoms with Gasteiger partial charge in [0, 0.05) is 20.7 Å². The van der Waals surface area contributed by atoms with Crippen LogP contribution >= 0.6 is 11.6 Å². The molecule has 0 aliphatic carbocycles. The van der Waals surface area contributed by atoms with E-state index in [2.05, 4.69) is 4.98 Å². The molecule has 1 aliphatic heterocycles. The molecule has 3 heterocycles. The van der Waals surface area contributed by atoms with E-state index in [4.69, 9.17) is 16.3 Å². The summed E-state index contributed by atoms with van der Waals surface area (Å²) in [5, 5.41) is 0.206. The van der Waals surface area contributed by atoms with Crippen molar-refractivity contribution in [2.75, 3.05) is 6.61 Å². The van der Waals surface area contributed by atoms with Gasteiger partial charge in [0.25, 0.3) is 5.56 Å². The Balaban J connectivity index is 2.16. The monoisotopic (exact) mass is 312 g/mol. The van der Waals surface area contributed by atoms with Gasteiger partial charge in [-0.2, -0.15) is 4.98 Å². The zero-order valence-electron chi connectivity index (χ0n) is 12.0. The number of rotatable bonds is 2.